The molecule has 154 valence electrons. The summed E-state index contributed by atoms with van der Waals surface area (Å²) in [4.78, 5) is 24.5. The second-order valence-electron chi connectivity index (χ2n) is 6.15. The second kappa shape index (κ2) is 9.63. The van der Waals surface area contributed by atoms with Crippen molar-refractivity contribution < 1.29 is 28.2 Å². The fourth-order valence-corrected chi connectivity index (χ4v) is 2.87. The summed E-state index contributed by atoms with van der Waals surface area (Å²) in [6, 6.07) is 12.6. The van der Waals surface area contributed by atoms with Gasteiger partial charge < -0.3 is 23.4 Å². The number of carbonyl (C=O) groups is 1. The Balaban J connectivity index is 2.19. The van der Waals surface area contributed by atoms with Crippen LogP contribution in [0.2, 0.25) is 0 Å². The van der Waals surface area contributed by atoms with Crippen LogP contribution in [-0.2, 0) is 16.1 Å². The van der Waals surface area contributed by atoms with Crippen LogP contribution < -0.4 is 15.1 Å². The van der Waals surface area contributed by atoms with E-state index in [9.17, 15) is 9.59 Å². The zero-order valence-corrected chi connectivity index (χ0v) is 16.8. The summed E-state index contributed by atoms with van der Waals surface area (Å²) in [5.41, 5.74) is 0.669. The van der Waals surface area contributed by atoms with Crippen LogP contribution in [0.4, 0.5) is 0 Å². The van der Waals surface area contributed by atoms with Crippen LogP contribution >= 0.6 is 0 Å². The fraction of sp³-hybridized carbons (Fsp3) is 0.217. The van der Waals surface area contributed by atoms with Gasteiger partial charge in [-0.15, -0.1) is 0 Å². The first kappa shape index (κ1) is 21.0. The first-order chi connectivity index (χ1) is 14.6. The molecule has 0 saturated heterocycles. The molecular weight excluding hydrogens is 388 g/mol. The maximum absolute atomic E-state index is 12.6. The van der Waals surface area contributed by atoms with Crippen molar-refractivity contribution in [2.45, 2.75) is 6.61 Å². The van der Waals surface area contributed by atoms with Gasteiger partial charge in [0.15, 0.2) is 11.5 Å². The van der Waals surface area contributed by atoms with Gasteiger partial charge in [-0.1, -0.05) is 42.2 Å². The van der Waals surface area contributed by atoms with Gasteiger partial charge in [-0.3, -0.25) is 0 Å². The highest BCUT2D eigenvalue weighted by Gasteiger charge is 2.21. The third-order valence-corrected chi connectivity index (χ3v) is 4.22. The molecule has 0 bridgehead atoms. The number of fused-ring (bicyclic) bond motifs is 1. The molecule has 0 unspecified atom stereocenters. The number of hydrogen-bond donors (Lipinski definition) is 0. The van der Waals surface area contributed by atoms with Gasteiger partial charge >= 0.3 is 11.6 Å². The molecule has 0 spiro atoms. The number of methoxy groups -OCH3 is 3. The molecule has 7 heteroatoms. The fourth-order valence-electron chi connectivity index (χ4n) is 2.87. The molecule has 0 aliphatic rings. The van der Waals surface area contributed by atoms with Gasteiger partial charge in [-0.2, -0.15) is 0 Å². The van der Waals surface area contributed by atoms with E-state index in [1.807, 2.05) is 30.3 Å². The van der Waals surface area contributed by atoms with Crippen LogP contribution in [-0.4, -0.2) is 33.9 Å². The van der Waals surface area contributed by atoms with Crippen LogP contribution in [0.25, 0.3) is 10.8 Å². The summed E-state index contributed by atoms with van der Waals surface area (Å²) in [5, 5.41) is 0.558. The van der Waals surface area contributed by atoms with Crippen molar-refractivity contribution in [3.05, 3.63) is 69.8 Å². The zero-order valence-electron chi connectivity index (χ0n) is 16.8. The van der Waals surface area contributed by atoms with Crippen molar-refractivity contribution in [3.8, 4) is 23.3 Å². The second-order valence-corrected chi connectivity index (χ2v) is 6.15. The van der Waals surface area contributed by atoms with Gasteiger partial charge in [0.1, 0.15) is 18.6 Å². The Labute approximate surface area is 173 Å². The first-order valence-corrected chi connectivity index (χ1v) is 9.00. The van der Waals surface area contributed by atoms with Crippen molar-refractivity contribution in [2.24, 2.45) is 0 Å². The summed E-state index contributed by atoms with van der Waals surface area (Å²) < 4.78 is 26.3. The van der Waals surface area contributed by atoms with Gasteiger partial charge in [0.25, 0.3) is 0 Å². The highest BCUT2D eigenvalue weighted by atomic mass is 16.5. The maximum Gasteiger partial charge on any atom is 0.374 e. The molecule has 7 nitrogen and oxygen atoms in total. The largest absolute Gasteiger partial charge is 0.492 e. The first-order valence-electron chi connectivity index (χ1n) is 9.00. The molecular formula is C23H20O7. The highest BCUT2D eigenvalue weighted by Crippen LogP contribution is 2.38. The Kier molecular flexibility index (Phi) is 6.73. The molecule has 0 N–H and O–H groups in total. The van der Waals surface area contributed by atoms with Crippen LogP contribution in [0.1, 0.15) is 21.7 Å². The lowest BCUT2D eigenvalue weighted by Crippen LogP contribution is -2.10. The van der Waals surface area contributed by atoms with Gasteiger partial charge in [-0.25, -0.2) is 9.59 Å². The van der Waals surface area contributed by atoms with E-state index in [4.69, 9.17) is 18.6 Å². The molecule has 1 aromatic heterocycles. The van der Waals surface area contributed by atoms with Crippen molar-refractivity contribution in [2.75, 3.05) is 27.9 Å². The van der Waals surface area contributed by atoms with Crippen molar-refractivity contribution in [1.82, 2.24) is 0 Å². The van der Waals surface area contributed by atoms with Crippen LogP contribution in [0.5, 0.6) is 11.5 Å². The number of carbonyl (C=O) groups excluding carboxylic acids is 1. The monoisotopic (exact) mass is 408 g/mol. The molecule has 0 aliphatic carbocycles. The van der Waals surface area contributed by atoms with E-state index in [2.05, 4.69) is 16.6 Å². The Morgan fingerprint density at radius 2 is 1.83 bits per heavy atom. The minimum atomic E-state index is -0.760. The molecule has 3 rings (SSSR count). The van der Waals surface area contributed by atoms with E-state index in [1.54, 1.807) is 6.07 Å². The van der Waals surface area contributed by atoms with E-state index in [0.29, 0.717) is 16.7 Å². The van der Waals surface area contributed by atoms with E-state index >= 15 is 0 Å². The van der Waals surface area contributed by atoms with E-state index in [1.165, 1.54) is 27.4 Å². The Morgan fingerprint density at radius 1 is 1.07 bits per heavy atom. The lowest BCUT2D eigenvalue weighted by Gasteiger charge is -2.15. The zero-order chi connectivity index (χ0) is 21.5. The topological polar surface area (TPSA) is 84.2 Å². The van der Waals surface area contributed by atoms with E-state index < -0.39 is 11.6 Å². The molecule has 0 atom stereocenters. The smallest absolute Gasteiger partial charge is 0.374 e. The third kappa shape index (κ3) is 4.45. The van der Waals surface area contributed by atoms with Gasteiger partial charge in [-0.05, 0) is 23.1 Å². The molecule has 2 aromatic carbocycles. The summed E-state index contributed by atoms with van der Waals surface area (Å²) in [6.45, 7) is 0.454. The molecule has 0 aliphatic heterocycles. The van der Waals surface area contributed by atoms with Gasteiger partial charge in [0.05, 0.1) is 19.8 Å². The number of rotatable bonds is 6. The lowest BCUT2D eigenvalue weighted by atomic mass is 10.1. The number of hydrogen-bond acceptors (Lipinski definition) is 7. The molecule has 0 radical (unpaired) electrons. The standard InChI is InChI=1S/C23H20O7/c1-26-11-7-10-16-12-17-13-18(22(24)28-3)30-23(25)19(17)21(27-2)20(16)29-14-15-8-5-4-6-9-15/h4-6,8-9,12-13H,11,14H2,1-3H3. The Bertz CT molecular complexity index is 1170. The number of esters is 1. The summed E-state index contributed by atoms with van der Waals surface area (Å²) in [5.74, 6) is 5.34. The van der Waals surface area contributed by atoms with Crippen molar-refractivity contribution in [1.29, 1.82) is 0 Å². The van der Waals surface area contributed by atoms with E-state index in [-0.39, 0.29) is 30.1 Å². The SMILES string of the molecule is COCC#Cc1cc2cc(C(=O)OC)oc(=O)c2c(OC)c1OCc1ccccc1. The number of ether oxygens (including phenoxy) is 4. The molecule has 30 heavy (non-hydrogen) atoms. The predicted octanol–water partition coefficient (Wildman–Crippen LogP) is 3.17. The van der Waals surface area contributed by atoms with Crippen LogP contribution in [0.15, 0.2) is 51.7 Å². The molecule has 0 saturated carbocycles. The van der Waals surface area contributed by atoms with Gasteiger partial charge in [0, 0.05) is 7.11 Å². The van der Waals surface area contributed by atoms with Crippen molar-refractivity contribution >= 4 is 16.7 Å². The average Bonchev–Trinajstić information content (AvgIpc) is 2.77. The summed E-state index contributed by atoms with van der Waals surface area (Å²) in [6.07, 6.45) is 0. The Hall–Kier alpha value is -3.76. The molecule has 1 heterocycles. The summed E-state index contributed by atoms with van der Waals surface area (Å²) in [7, 11) is 4.16. The number of benzene rings is 2. The Morgan fingerprint density at radius 3 is 2.50 bits per heavy atom. The predicted molar refractivity (Wildman–Crippen MR) is 110 cm³/mol. The normalized spacial score (nSPS) is 10.2. The van der Waals surface area contributed by atoms with Crippen molar-refractivity contribution in [3.63, 3.8) is 0 Å². The lowest BCUT2D eigenvalue weighted by molar-refractivity contribution is 0.0560. The maximum atomic E-state index is 12.6. The highest BCUT2D eigenvalue weighted by molar-refractivity contribution is 5.96. The summed E-state index contributed by atoms with van der Waals surface area (Å²) >= 11 is 0. The third-order valence-electron chi connectivity index (χ3n) is 4.22. The quantitative estimate of drug-likeness (QED) is 0.458. The molecule has 0 amide bonds. The molecule has 0 fully saturated rings. The minimum absolute atomic E-state index is 0.144. The van der Waals surface area contributed by atoms with Crippen LogP contribution in [0.3, 0.4) is 0 Å². The van der Waals surface area contributed by atoms with E-state index in [0.717, 1.165) is 5.56 Å². The molecule has 3 aromatic rings. The van der Waals surface area contributed by atoms with Gasteiger partial charge in [0.2, 0.25) is 5.76 Å². The average molecular weight is 408 g/mol. The minimum Gasteiger partial charge on any atom is -0.492 e. The van der Waals surface area contributed by atoms with Crippen LogP contribution in [0, 0.1) is 11.8 Å².